The molecular weight excluding hydrogens is 489 g/mol. The molecule has 2 N–H and O–H groups in total. The van der Waals surface area contributed by atoms with Crippen molar-refractivity contribution in [3.63, 3.8) is 0 Å². The van der Waals surface area contributed by atoms with Crippen molar-refractivity contribution in [3.8, 4) is 17.2 Å². The Morgan fingerprint density at radius 1 is 0.974 bits per heavy atom. The first-order chi connectivity index (χ1) is 18.0. The van der Waals surface area contributed by atoms with Gasteiger partial charge in [0.1, 0.15) is 23.1 Å². The normalized spacial score (nSPS) is 11.1. The number of rotatable bonds is 6. The first kappa shape index (κ1) is 26.3. The molecule has 0 fully saturated rings. The standard InChI is InChI=1S/C28H28FN5O4/c1-17-13-21(11-12-30-17)38-20-9-10-23(22(29)15-20)31-27(36)32-25-16-24(28(2,3)4)33-34(25)19-8-6-7-18(14-19)26(35)37-5/h6-16H,1-5H3,(H2,31,32,36). The van der Waals surface area contributed by atoms with Crippen LogP contribution in [0, 0.1) is 12.7 Å². The maximum absolute atomic E-state index is 14.8. The number of halogens is 1. The maximum atomic E-state index is 14.8. The summed E-state index contributed by atoms with van der Waals surface area (Å²) < 4.78 is 26.8. The van der Waals surface area contributed by atoms with Crippen LogP contribution in [-0.2, 0) is 10.2 Å². The Balaban J connectivity index is 1.55. The van der Waals surface area contributed by atoms with Crippen LogP contribution in [0.2, 0.25) is 0 Å². The van der Waals surface area contributed by atoms with Crippen molar-refractivity contribution >= 4 is 23.5 Å². The number of aromatic nitrogens is 3. The summed E-state index contributed by atoms with van der Waals surface area (Å²) in [7, 11) is 1.30. The van der Waals surface area contributed by atoms with E-state index in [4.69, 9.17) is 9.47 Å². The van der Waals surface area contributed by atoms with Crippen molar-refractivity contribution in [2.45, 2.75) is 33.1 Å². The Hall–Kier alpha value is -4.73. The van der Waals surface area contributed by atoms with Crippen molar-refractivity contribution in [1.29, 1.82) is 0 Å². The van der Waals surface area contributed by atoms with Gasteiger partial charge in [-0.15, -0.1) is 0 Å². The molecule has 4 rings (SSSR count). The third-order valence-electron chi connectivity index (χ3n) is 5.52. The van der Waals surface area contributed by atoms with E-state index in [9.17, 15) is 14.0 Å². The van der Waals surface area contributed by atoms with Crippen molar-refractivity contribution in [1.82, 2.24) is 14.8 Å². The number of nitrogens with zero attached hydrogens (tertiary/aromatic N) is 3. The number of pyridine rings is 1. The van der Waals surface area contributed by atoms with Gasteiger partial charge in [-0.2, -0.15) is 5.10 Å². The lowest BCUT2D eigenvalue weighted by Gasteiger charge is -2.14. The van der Waals surface area contributed by atoms with Crippen LogP contribution in [0.4, 0.5) is 20.7 Å². The summed E-state index contributed by atoms with van der Waals surface area (Å²) in [5, 5.41) is 9.89. The number of methoxy groups -OCH3 is 1. The fraction of sp³-hybridized carbons (Fsp3) is 0.214. The zero-order valence-corrected chi connectivity index (χ0v) is 21.7. The molecule has 9 nitrogen and oxygen atoms in total. The van der Waals surface area contributed by atoms with Gasteiger partial charge in [-0.1, -0.05) is 26.8 Å². The lowest BCUT2D eigenvalue weighted by molar-refractivity contribution is 0.0600. The molecule has 0 radical (unpaired) electrons. The molecule has 2 aromatic heterocycles. The molecule has 2 heterocycles. The lowest BCUT2D eigenvalue weighted by atomic mass is 9.92. The number of carbonyl (C=O) groups is 2. The number of aryl methyl sites for hydroxylation is 1. The number of urea groups is 1. The van der Waals surface area contributed by atoms with Crippen molar-refractivity contribution in [2.24, 2.45) is 0 Å². The van der Waals surface area contributed by atoms with Crippen molar-refractivity contribution < 1.29 is 23.5 Å². The molecule has 0 aliphatic carbocycles. The van der Waals surface area contributed by atoms with Gasteiger partial charge in [-0.05, 0) is 43.3 Å². The predicted molar refractivity (Wildman–Crippen MR) is 142 cm³/mol. The summed E-state index contributed by atoms with van der Waals surface area (Å²) in [4.78, 5) is 29.0. The van der Waals surface area contributed by atoms with E-state index in [1.807, 2.05) is 27.7 Å². The van der Waals surface area contributed by atoms with Crippen LogP contribution in [0.1, 0.15) is 42.5 Å². The van der Waals surface area contributed by atoms with E-state index in [-0.39, 0.29) is 16.9 Å². The van der Waals surface area contributed by atoms with Crippen molar-refractivity contribution in [3.05, 3.63) is 89.6 Å². The van der Waals surface area contributed by atoms with Crippen LogP contribution in [0.5, 0.6) is 11.5 Å². The number of esters is 1. The second-order valence-electron chi connectivity index (χ2n) is 9.57. The van der Waals surface area contributed by atoms with E-state index in [0.29, 0.717) is 28.5 Å². The van der Waals surface area contributed by atoms with Gasteiger partial charge in [-0.3, -0.25) is 10.3 Å². The van der Waals surface area contributed by atoms with E-state index in [0.717, 1.165) is 5.69 Å². The number of amides is 2. The smallest absolute Gasteiger partial charge is 0.337 e. The van der Waals surface area contributed by atoms with E-state index in [1.165, 1.54) is 23.9 Å². The minimum Gasteiger partial charge on any atom is -0.465 e. The highest BCUT2D eigenvalue weighted by Gasteiger charge is 2.22. The Kier molecular flexibility index (Phi) is 7.43. The van der Waals surface area contributed by atoms with Crippen LogP contribution in [0.3, 0.4) is 0 Å². The summed E-state index contributed by atoms with van der Waals surface area (Å²) in [6.07, 6.45) is 1.60. The molecule has 0 aliphatic rings. The molecule has 0 unspecified atom stereocenters. The average molecular weight is 518 g/mol. The van der Waals surface area contributed by atoms with Gasteiger partial charge in [0.25, 0.3) is 0 Å². The molecule has 0 saturated heterocycles. The molecule has 0 atom stereocenters. The molecule has 0 spiro atoms. The van der Waals surface area contributed by atoms with Gasteiger partial charge in [0.15, 0.2) is 0 Å². The summed E-state index contributed by atoms with van der Waals surface area (Å²) in [5.74, 6) is -0.0304. The minimum atomic E-state index is -0.673. The van der Waals surface area contributed by atoms with Crippen LogP contribution < -0.4 is 15.4 Å². The molecule has 4 aromatic rings. The highest BCUT2D eigenvalue weighted by atomic mass is 19.1. The first-order valence-electron chi connectivity index (χ1n) is 11.8. The fourth-order valence-electron chi connectivity index (χ4n) is 3.57. The van der Waals surface area contributed by atoms with Crippen molar-refractivity contribution in [2.75, 3.05) is 17.7 Å². The zero-order chi connectivity index (χ0) is 27.4. The van der Waals surface area contributed by atoms with Gasteiger partial charge in [0.2, 0.25) is 0 Å². The number of hydrogen-bond acceptors (Lipinski definition) is 6. The molecule has 196 valence electrons. The molecule has 0 bridgehead atoms. The second kappa shape index (κ2) is 10.7. The average Bonchev–Trinajstić information content (AvgIpc) is 3.29. The fourth-order valence-corrected chi connectivity index (χ4v) is 3.57. The molecule has 0 aliphatic heterocycles. The quantitative estimate of drug-likeness (QED) is 0.293. The van der Waals surface area contributed by atoms with E-state index >= 15 is 0 Å². The summed E-state index contributed by atoms with van der Waals surface area (Å²) in [6.45, 7) is 7.79. The molecule has 0 saturated carbocycles. The first-order valence-corrected chi connectivity index (χ1v) is 11.8. The predicted octanol–water partition coefficient (Wildman–Crippen LogP) is 6.24. The Bertz CT molecular complexity index is 1490. The molecule has 2 amide bonds. The van der Waals surface area contributed by atoms with Crippen LogP contribution in [-0.4, -0.2) is 33.9 Å². The highest BCUT2D eigenvalue weighted by molar-refractivity contribution is 5.99. The van der Waals surface area contributed by atoms with Gasteiger partial charge < -0.3 is 14.8 Å². The SMILES string of the molecule is COC(=O)c1cccc(-n2nc(C(C)(C)C)cc2NC(=O)Nc2ccc(Oc3ccnc(C)c3)cc2F)c1. The lowest BCUT2D eigenvalue weighted by Crippen LogP contribution is -2.22. The topological polar surface area (TPSA) is 107 Å². The number of carbonyl (C=O) groups excluding carboxylic acids is 2. The van der Waals surface area contributed by atoms with Gasteiger partial charge in [-0.25, -0.2) is 18.7 Å². The van der Waals surface area contributed by atoms with E-state index in [2.05, 4.69) is 20.7 Å². The highest BCUT2D eigenvalue weighted by Crippen LogP contribution is 2.28. The number of anilines is 2. The summed E-state index contributed by atoms with van der Waals surface area (Å²) in [5.41, 5.74) is 1.99. The van der Waals surface area contributed by atoms with E-state index < -0.39 is 17.8 Å². The molecule has 10 heteroatoms. The van der Waals surface area contributed by atoms with Gasteiger partial charge in [0, 0.05) is 35.5 Å². The second-order valence-corrected chi connectivity index (χ2v) is 9.57. The summed E-state index contributed by atoms with van der Waals surface area (Å²) >= 11 is 0. The Morgan fingerprint density at radius 2 is 1.74 bits per heavy atom. The number of nitrogens with one attached hydrogen (secondary N) is 2. The number of hydrogen-bond donors (Lipinski definition) is 2. The Labute approximate surface area is 219 Å². The monoisotopic (exact) mass is 517 g/mol. The van der Waals surface area contributed by atoms with Crippen LogP contribution in [0.15, 0.2) is 66.9 Å². The zero-order valence-electron chi connectivity index (χ0n) is 21.7. The number of ether oxygens (including phenoxy) is 2. The van der Waals surface area contributed by atoms with Gasteiger partial charge >= 0.3 is 12.0 Å². The largest absolute Gasteiger partial charge is 0.465 e. The minimum absolute atomic E-state index is 0.0319. The molecular formula is C28H28FN5O4. The third-order valence-corrected chi connectivity index (χ3v) is 5.52. The van der Waals surface area contributed by atoms with Crippen LogP contribution in [0.25, 0.3) is 5.69 Å². The number of benzene rings is 2. The van der Waals surface area contributed by atoms with E-state index in [1.54, 1.807) is 54.7 Å². The third kappa shape index (κ3) is 6.15. The maximum Gasteiger partial charge on any atom is 0.337 e. The summed E-state index contributed by atoms with van der Waals surface area (Å²) in [6, 6.07) is 15.3. The Morgan fingerprint density at radius 3 is 2.42 bits per heavy atom. The van der Waals surface area contributed by atoms with Gasteiger partial charge in [0.05, 0.1) is 29.7 Å². The molecule has 2 aromatic carbocycles. The van der Waals surface area contributed by atoms with Crippen LogP contribution >= 0.6 is 0 Å². The molecule has 38 heavy (non-hydrogen) atoms.